The Hall–Kier alpha value is -1.37. The van der Waals surface area contributed by atoms with Gasteiger partial charge in [-0.3, -0.25) is 4.90 Å². The molecule has 0 radical (unpaired) electrons. The number of hydrogen-bond acceptors (Lipinski definition) is 3. The monoisotopic (exact) mass is 257 g/mol. The minimum Gasteiger partial charge on any atom is -0.313 e. The fourth-order valence-electron chi connectivity index (χ4n) is 2.89. The first-order valence-corrected chi connectivity index (χ1v) is 7.18. The van der Waals surface area contributed by atoms with Gasteiger partial charge in [-0.2, -0.15) is 5.26 Å². The zero-order valence-corrected chi connectivity index (χ0v) is 11.9. The Bertz CT molecular complexity index is 450. The highest BCUT2D eigenvalue weighted by atomic mass is 15.2. The largest absolute Gasteiger partial charge is 0.313 e. The van der Waals surface area contributed by atoms with Crippen LogP contribution in [0.5, 0.6) is 0 Å². The molecule has 2 unspecified atom stereocenters. The molecule has 0 aliphatic carbocycles. The van der Waals surface area contributed by atoms with Crippen LogP contribution in [0.25, 0.3) is 0 Å². The molecule has 19 heavy (non-hydrogen) atoms. The van der Waals surface area contributed by atoms with Gasteiger partial charge in [-0.05, 0) is 37.6 Å². The Morgan fingerprint density at radius 1 is 1.47 bits per heavy atom. The molecule has 0 fully saturated rings. The van der Waals surface area contributed by atoms with E-state index < -0.39 is 0 Å². The summed E-state index contributed by atoms with van der Waals surface area (Å²) in [5.41, 5.74) is 2.83. The first-order chi connectivity index (χ1) is 9.26. The highest BCUT2D eigenvalue weighted by molar-refractivity contribution is 5.31. The van der Waals surface area contributed by atoms with Crippen LogP contribution in [-0.2, 0) is 6.54 Å². The third kappa shape index (κ3) is 3.34. The normalized spacial score (nSPS) is 20.4. The molecular formula is C16H23N3. The molecule has 0 bridgehead atoms. The van der Waals surface area contributed by atoms with Crippen LogP contribution in [0.2, 0.25) is 0 Å². The molecular weight excluding hydrogens is 234 g/mol. The van der Waals surface area contributed by atoms with Crippen molar-refractivity contribution in [3.63, 3.8) is 0 Å². The quantitative estimate of drug-likeness (QED) is 0.901. The average molecular weight is 257 g/mol. The topological polar surface area (TPSA) is 39.1 Å². The number of fused-ring (bicyclic) bond motifs is 1. The third-order valence-corrected chi connectivity index (χ3v) is 3.90. The van der Waals surface area contributed by atoms with Crippen molar-refractivity contribution in [3.8, 4) is 6.07 Å². The SMILES string of the molecule is CCN(CC(C)C#N)C1CCNCc2ccccc21. The number of rotatable bonds is 4. The summed E-state index contributed by atoms with van der Waals surface area (Å²) in [6.45, 7) is 8.03. The molecule has 2 rings (SSSR count). The Labute approximate surface area is 116 Å². The summed E-state index contributed by atoms with van der Waals surface area (Å²) in [6.07, 6.45) is 1.11. The van der Waals surface area contributed by atoms with Gasteiger partial charge in [-0.1, -0.05) is 31.2 Å². The second kappa shape index (κ2) is 6.70. The van der Waals surface area contributed by atoms with Gasteiger partial charge >= 0.3 is 0 Å². The molecule has 1 N–H and O–H groups in total. The molecule has 1 aliphatic rings. The highest BCUT2D eigenvalue weighted by Gasteiger charge is 2.24. The summed E-state index contributed by atoms with van der Waals surface area (Å²) in [5, 5.41) is 12.5. The minimum absolute atomic E-state index is 0.0864. The van der Waals surface area contributed by atoms with Gasteiger partial charge in [0, 0.05) is 19.1 Å². The number of hydrogen-bond donors (Lipinski definition) is 1. The second-order valence-electron chi connectivity index (χ2n) is 5.30. The van der Waals surface area contributed by atoms with E-state index in [-0.39, 0.29) is 5.92 Å². The van der Waals surface area contributed by atoms with Crippen molar-refractivity contribution in [1.82, 2.24) is 10.2 Å². The van der Waals surface area contributed by atoms with Crippen molar-refractivity contribution in [2.75, 3.05) is 19.6 Å². The molecule has 0 saturated carbocycles. The summed E-state index contributed by atoms with van der Waals surface area (Å²) >= 11 is 0. The van der Waals surface area contributed by atoms with Gasteiger partial charge in [0.05, 0.1) is 12.0 Å². The first-order valence-electron chi connectivity index (χ1n) is 7.18. The van der Waals surface area contributed by atoms with Gasteiger partial charge in [0.15, 0.2) is 0 Å². The molecule has 0 saturated heterocycles. The summed E-state index contributed by atoms with van der Waals surface area (Å²) < 4.78 is 0. The molecule has 0 aromatic heterocycles. The van der Waals surface area contributed by atoms with Crippen LogP contribution < -0.4 is 5.32 Å². The molecule has 3 nitrogen and oxygen atoms in total. The van der Waals surface area contributed by atoms with Crippen LogP contribution in [-0.4, -0.2) is 24.5 Å². The molecule has 1 aromatic rings. The summed E-state index contributed by atoms with van der Waals surface area (Å²) in [5.74, 6) is 0.0864. The number of nitrogens with zero attached hydrogens (tertiary/aromatic N) is 2. The Balaban J connectivity index is 2.24. The lowest BCUT2D eigenvalue weighted by Gasteiger charge is -2.32. The van der Waals surface area contributed by atoms with E-state index in [1.54, 1.807) is 0 Å². The molecule has 2 atom stereocenters. The van der Waals surface area contributed by atoms with E-state index in [1.165, 1.54) is 11.1 Å². The smallest absolute Gasteiger partial charge is 0.0666 e. The fraction of sp³-hybridized carbons (Fsp3) is 0.562. The molecule has 102 valence electrons. The first kappa shape index (κ1) is 14.0. The van der Waals surface area contributed by atoms with E-state index >= 15 is 0 Å². The van der Waals surface area contributed by atoms with Crippen LogP contribution in [0.1, 0.15) is 37.4 Å². The Kier molecular flexibility index (Phi) is 4.95. The standard InChI is InChI=1S/C16H23N3/c1-3-19(12-13(2)10-17)16-8-9-18-11-14-6-4-5-7-15(14)16/h4-7,13,16,18H,3,8-9,11-12H2,1-2H3. The molecule has 1 aromatic carbocycles. The van der Waals surface area contributed by atoms with Gasteiger partial charge in [0.2, 0.25) is 0 Å². The maximum absolute atomic E-state index is 9.04. The van der Waals surface area contributed by atoms with Gasteiger partial charge in [0.1, 0.15) is 0 Å². The van der Waals surface area contributed by atoms with Crippen LogP contribution in [0.4, 0.5) is 0 Å². The van der Waals surface area contributed by atoms with Gasteiger partial charge in [-0.15, -0.1) is 0 Å². The lowest BCUT2D eigenvalue weighted by atomic mass is 9.97. The van der Waals surface area contributed by atoms with Crippen molar-refractivity contribution in [2.45, 2.75) is 32.9 Å². The van der Waals surface area contributed by atoms with Crippen LogP contribution in [0.15, 0.2) is 24.3 Å². The van der Waals surface area contributed by atoms with Gasteiger partial charge in [0.25, 0.3) is 0 Å². The lowest BCUT2D eigenvalue weighted by Crippen LogP contribution is -2.33. The Morgan fingerprint density at radius 3 is 3.00 bits per heavy atom. The lowest BCUT2D eigenvalue weighted by molar-refractivity contribution is 0.185. The molecule has 3 heteroatoms. The van der Waals surface area contributed by atoms with E-state index in [1.807, 2.05) is 6.92 Å². The summed E-state index contributed by atoms with van der Waals surface area (Å²) in [6, 6.07) is 11.5. The summed E-state index contributed by atoms with van der Waals surface area (Å²) in [4.78, 5) is 2.44. The molecule has 1 heterocycles. The van der Waals surface area contributed by atoms with Gasteiger partial charge < -0.3 is 5.32 Å². The number of nitriles is 1. The van der Waals surface area contributed by atoms with E-state index in [9.17, 15) is 0 Å². The predicted molar refractivity (Wildman–Crippen MR) is 77.5 cm³/mol. The van der Waals surface area contributed by atoms with Crippen LogP contribution in [0.3, 0.4) is 0 Å². The van der Waals surface area contributed by atoms with Crippen molar-refractivity contribution in [2.24, 2.45) is 5.92 Å². The van der Waals surface area contributed by atoms with Crippen LogP contribution in [0, 0.1) is 17.2 Å². The van der Waals surface area contributed by atoms with Crippen molar-refractivity contribution in [1.29, 1.82) is 5.26 Å². The zero-order chi connectivity index (χ0) is 13.7. The minimum atomic E-state index is 0.0864. The van der Waals surface area contributed by atoms with Crippen molar-refractivity contribution >= 4 is 0 Å². The number of benzene rings is 1. The molecule has 0 amide bonds. The Morgan fingerprint density at radius 2 is 2.26 bits per heavy atom. The van der Waals surface area contributed by atoms with E-state index in [0.29, 0.717) is 6.04 Å². The molecule has 1 aliphatic heterocycles. The zero-order valence-electron chi connectivity index (χ0n) is 11.9. The molecule has 0 spiro atoms. The van der Waals surface area contributed by atoms with E-state index in [0.717, 1.165) is 32.6 Å². The maximum atomic E-state index is 9.04. The van der Waals surface area contributed by atoms with Crippen molar-refractivity contribution in [3.05, 3.63) is 35.4 Å². The van der Waals surface area contributed by atoms with Gasteiger partial charge in [-0.25, -0.2) is 0 Å². The van der Waals surface area contributed by atoms with Crippen molar-refractivity contribution < 1.29 is 0 Å². The maximum Gasteiger partial charge on any atom is 0.0666 e. The van der Waals surface area contributed by atoms with Crippen LogP contribution >= 0.6 is 0 Å². The second-order valence-corrected chi connectivity index (χ2v) is 5.30. The van der Waals surface area contributed by atoms with E-state index in [4.69, 9.17) is 5.26 Å². The predicted octanol–water partition coefficient (Wildman–Crippen LogP) is 2.70. The highest BCUT2D eigenvalue weighted by Crippen LogP contribution is 2.29. The summed E-state index contributed by atoms with van der Waals surface area (Å²) in [7, 11) is 0. The average Bonchev–Trinajstić information content (AvgIpc) is 2.67. The van der Waals surface area contributed by atoms with E-state index in [2.05, 4.69) is 47.5 Å². The fourth-order valence-corrected chi connectivity index (χ4v) is 2.89. The number of nitrogens with one attached hydrogen (secondary N) is 1. The third-order valence-electron chi connectivity index (χ3n) is 3.90.